The number of hydrogen-bond acceptors (Lipinski definition) is 4. The van der Waals surface area contributed by atoms with Crippen LogP contribution in [0.25, 0.3) is 0 Å². The summed E-state index contributed by atoms with van der Waals surface area (Å²) in [4.78, 5) is 33.7. The molecule has 2 atom stereocenters. The van der Waals surface area contributed by atoms with Crippen molar-refractivity contribution < 1.29 is 14.3 Å². The molecule has 0 unspecified atom stereocenters. The van der Waals surface area contributed by atoms with Gasteiger partial charge in [0, 0.05) is 56.4 Å². The first-order valence-corrected chi connectivity index (χ1v) is 13.0. The van der Waals surface area contributed by atoms with E-state index in [1.165, 1.54) is 11.3 Å². The first kappa shape index (κ1) is 24.9. The molecule has 2 fully saturated rings. The second kappa shape index (κ2) is 10.7. The number of methoxy groups -OCH3 is 1. The van der Waals surface area contributed by atoms with Gasteiger partial charge < -0.3 is 19.4 Å². The maximum Gasteiger partial charge on any atom is 0.254 e. The molecule has 0 radical (unpaired) electrons. The molecule has 0 N–H and O–H groups in total. The highest BCUT2D eigenvalue weighted by Crippen LogP contribution is 2.36. The fourth-order valence-corrected chi connectivity index (χ4v) is 5.71. The van der Waals surface area contributed by atoms with Gasteiger partial charge in [-0.25, -0.2) is 0 Å². The highest BCUT2D eigenvalue weighted by Gasteiger charge is 2.43. The molecule has 2 saturated heterocycles. The zero-order valence-corrected chi connectivity index (χ0v) is 21.9. The molecule has 0 bridgehead atoms. The second-order valence-electron chi connectivity index (χ2n) is 10.1. The molecule has 0 aromatic heterocycles. The van der Waals surface area contributed by atoms with E-state index in [1.54, 1.807) is 7.11 Å². The highest BCUT2D eigenvalue weighted by atomic mass is 16.5. The standard InChI is InChI=1S/C31H35N3O3/c1-22-8-4-6-10-26(22)30(35)34-20-27(24-12-14-25(37-3)15-13-24)28(21-34)31(36)33-18-16-32(17-19-33)29-11-7-5-9-23(29)2/h4-15,27-28H,16-21H2,1-3H3/t27-,28-/m1/s1. The molecule has 0 spiro atoms. The van der Waals surface area contributed by atoms with Crippen molar-refractivity contribution >= 4 is 17.5 Å². The summed E-state index contributed by atoms with van der Waals surface area (Å²) in [6.45, 7) is 8.03. The zero-order valence-electron chi connectivity index (χ0n) is 21.9. The normalized spacial score (nSPS) is 19.7. The van der Waals surface area contributed by atoms with Crippen molar-refractivity contribution in [1.82, 2.24) is 9.80 Å². The van der Waals surface area contributed by atoms with E-state index in [0.717, 1.165) is 30.0 Å². The van der Waals surface area contributed by atoms with Crippen LogP contribution in [0.5, 0.6) is 5.75 Å². The summed E-state index contributed by atoms with van der Waals surface area (Å²) in [7, 11) is 1.65. The van der Waals surface area contributed by atoms with E-state index in [9.17, 15) is 9.59 Å². The molecule has 3 aromatic carbocycles. The summed E-state index contributed by atoms with van der Waals surface area (Å²) in [6.07, 6.45) is 0. The van der Waals surface area contributed by atoms with Crippen molar-refractivity contribution in [1.29, 1.82) is 0 Å². The maximum absolute atomic E-state index is 13.9. The third-order valence-corrected chi connectivity index (χ3v) is 7.89. The molecule has 2 aliphatic rings. The molecule has 37 heavy (non-hydrogen) atoms. The van der Waals surface area contributed by atoms with E-state index in [2.05, 4.69) is 36.1 Å². The Morgan fingerprint density at radius 3 is 2.05 bits per heavy atom. The van der Waals surface area contributed by atoms with Crippen LogP contribution < -0.4 is 9.64 Å². The summed E-state index contributed by atoms with van der Waals surface area (Å²) in [6, 6.07) is 24.0. The van der Waals surface area contributed by atoms with Crippen molar-refractivity contribution in [2.24, 2.45) is 5.92 Å². The van der Waals surface area contributed by atoms with Gasteiger partial charge in [-0.2, -0.15) is 0 Å². The fourth-order valence-electron chi connectivity index (χ4n) is 5.71. The lowest BCUT2D eigenvalue weighted by Gasteiger charge is -2.38. The van der Waals surface area contributed by atoms with Gasteiger partial charge >= 0.3 is 0 Å². The lowest BCUT2D eigenvalue weighted by molar-refractivity contribution is -0.135. The Morgan fingerprint density at radius 2 is 1.41 bits per heavy atom. The van der Waals surface area contributed by atoms with Crippen molar-refractivity contribution in [3.05, 3.63) is 95.1 Å². The minimum atomic E-state index is -0.272. The minimum Gasteiger partial charge on any atom is -0.497 e. The predicted molar refractivity (Wildman–Crippen MR) is 146 cm³/mol. The average molecular weight is 498 g/mol. The number of carbonyl (C=O) groups is 2. The summed E-state index contributed by atoms with van der Waals surface area (Å²) in [5, 5.41) is 0. The number of aryl methyl sites for hydroxylation is 2. The van der Waals surface area contributed by atoms with Gasteiger partial charge in [0.1, 0.15) is 5.75 Å². The van der Waals surface area contributed by atoms with Crippen LogP contribution >= 0.6 is 0 Å². The Balaban J connectivity index is 1.35. The van der Waals surface area contributed by atoms with Crippen LogP contribution in [0.4, 0.5) is 5.69 Å². The van der Waals surface area contributed by atoms with Crippen molar-refractivity contribution in [3.63, 3.8) is 0 Å². The Morgan fingerprint density at radius 1 is 0.757 bits per heavy atom. The van der Waals surface area contributed by atoms with Crippen molar-refractivity contribution in [2.45, 2.75) is 19.8 Å². The number of anilines is 1. The lowest BCUT2D eigenvalue weighted by Crippen LogP contribution is -2.51. The topological polar surface area (TPSA) is 53.1 Å². The molecule has 2 amide bonds. The molecule has 6 heteroatoms. The summed E-state index contributed by atoms with van der Waals surface area (Å²) in [5.41, 5.74) is 5.22. The first-order chi connectivity index (χ1) is 18.0. The van der Waals surface area contributed by atoms with E-state index < -0.39 is 0 Å². The number of amides is 2. The number of hydrogen-bond donors (Lipinski definition) is 0. The molecule has 5 rings (SSSR count). The van der Waals surface area contributed by atoms with Crippen LogP contribution in [-0.2, 0) is 4.79 Å². The van der Waals surface area contributed by atoms with Gasteiger partial charge in [-0.3, -0.25) is 9.59 Å². The Hall–Kier alpha value is -3.80. The smallest absolute Gasteiger partial charge is 0.254 e. The number of carbonyl (C=O) groups excluding carboxylic acids is 2. The van der Waals surface area contributed by atoms with Gasteiger partial charge in [-0.15, -0.1) is 0 Å². The number of para-hydroxylation sites is 1. The third-order valence-electron chi connectivity index (χ3n) is 7.89. The average Bonchev–Trinajstić information content (AvgIpc) is 3.38. The molecule has 2 heterocycles. The van der Waals surface area contributed by atoms with Crippen LogP contribution in [0.15, 0.2) is 72.8 Å². The molecule has 0 saturated carbocycles. The Bertz CT molecular complexity index is 1260. The monoisotopic (exact) mass is 497 g/mol. The SMILES string of the molecule is COc1ccc([C@H]2CN(C(=O)c3ccccc3C)C[C@H]2C(=O)N2CCN(c3ccccc3C)CC2)cc1. The van der Waals surface area contributed by atoms with Crippen LogP contribution in [0.2, 0.25) is 0 Å². The molecule has 6 nitrogen and oxygen atoms in total. The van der Waals surface area contributed by atoms with Gasteiger partial charge in [0.05, 0.1) is 13.0 Å². The quantitative estimate of drug-likeness (QED) is 0.520. The highest BCUT2D eigenvalue weighted by molar-refractivity contribution is 5.96. The predicted octanol–water partition coefficient (Wildman–Crippen LogP) is 4.52. The molecular weight excluding hydrogens is 462 g/mol. The molecule has 192 valence electrons. The first-order valence-electron chi connectivity index (χ1n) is 13.0. The second-order valence-corrected chi connectivity index (χ2v) is 10.1. The summed E-state index contributed by atoms with van der Waals surface area (Å²) >= 11 is 0. The van der Waals surface area contributed by atoms with Crippen LogP contribution in [0.1, 0.15) is 33.0 Å². The van der Waals surface area contributed by atoms with Crippen LogP contribution in [0.3, 0.4) is 0 Å². The lowest BCUT2D eigenvalue weighted by atomic mass is 9.87. The van der Waals surface area contributed by atoms with E-state index in [4.69, 9.17) is 4.74 Å². The number of rotatable bonds is 5. The molecular formula is C31H35N3O3. The van der Waals surface area contributed by atoms with Crippen molar-refractivity contribution in [3.8, 4) is 5.75 Å². The minimum absolute atomic E-state index is 0.00344. The van der Waals surface area contributed by atoms with Gasteiger partial charge in [0.2, 0.25) is 5.91 Å². The molecule has 3 aromatic rings. The number of likely N-dealkylation sites (tertiary alicyclic amines) is 1. The third kappa shape index (κ3) is 5.06. The maximum atomic E-state index is 13.9. The van der Waals surface area contributed by atoms with Gasteiger partial charge in [0.25, 0.3) is 5.91 Å². The van der Waals surface area contributed by atoms with E-state index in [1.807, 2.05) is 65.3 Å². The number of nitrogens with zero attached hydrogens (tertiary/aromatic N) is 3. The molecule has 0 aliphatic carbocycles. The number of ether oxygens (including phenoxy) is 1. The van der Waals surface area contributed by atoms with Crippen molar-refractivity contribution in [2.75, 3.05) is 51.3 Å². The Kier molecular flexibility index (Phi) is 7.17. The van der Waals surface area contributed by atoms with Crippen LogP contribution in [-0.4, -0.2) is 68.0 Å². The fraction of sp³-hybridized carbons (Fsp3) is 0.355. The largest absolute Gasteiger partial charge is 0.497 e. The van der Waals surface area contributed by atoms with Crippen LogP contribution in [0, 0.1) is 19.8 Å². The summed E-state index contributed by atoms with van der Waals surface area (Å²) in [5.74, 6) is 0.596. The molecule has 2 aliphatic heterocycles. The summed E-state index contributed by atoms with van der Waals surface area (Å²) < 4.78 is 5.34. The number of piperazine rings is 1. The zero-order chi connectivity index (χ0) is 25.9. The van der Waals surface area contributed by atoms with E-state index >= 15 is 0 Å². The van der Waals surface area contributed by atoms with Gasteiger partial charge in [-0.05, 0) is 54.8 Å². The number of benzene rings is 3. The Labute approximate surface area is 219 Å². The van der Waals surface area contributed by atoms with E-state index in [0.29, 0.717) is 31.7 Å². The van der Waals surface area contributed by atoms with E-state index in [-0.39, 0.29) is 23.7 Å². The van der Waals surface area contributed by atoms with Gasteiger partial charge in [-0.1, -0.05) is 48.5 Å². The van der Waals surface area contributed by atoms with Gasteiger partial charge in [0.15, 0.2) is 0 Å².